The normalized spacial score (nSPS) is 16.5. The van der Waals surface area contributed by atoms with Gasteiger partial charge in [0, 0.05) is 17.9 Å². The van der Waals surface area contributed by atoms with Crippen LogP contribution in [0.4, 0.5) is 0 Å². The van der Waals surface area contributed by atoms with Crippen molar-refractivity contribution in [3.8, 4) is 5.75 Å². The first kappa shape index (κ1) is 17.4. The highest BCUT2D eigenvalue weighted by Crippen LogP contribution is 2.24. The van der Waals surface area contributed by atoms with Gasteiger partial charge in [-0.25, -0.2) is 0 Å². The van der Waals surface area contributed by atoms with Crippen LogP contribution in [0, 0.1) is 0 Å². The molecule has 2 amide bonds. The third kappa shape index (κ3) is 4.14. The number of hydrogen-bond acceptors (Lipinski definition) is 4. The molecular formula is C19H20N2O3S. The highest BCUT2D eigenvalue weighted by molar-refractivity contribution is 7.99. The first-order valence-corrected chi connectivity index (χ1v) is 9.19. The molecule has 0 saturated carbocycles. The van der Waals surface area contributed by atoms with Gasteiger partial charge in [-0.2, -0.15) is 0 Å². The molecule has 1 aliphatic heterocycles. The molecule has 1 N–H and O–H groups in total. The summed E-state index contributed by atoms with van der Waals surface area (Å²) in [6.45, 7) is 0.464. The molecule has 1 aliphatic rings. The fraction of sp³-hybridized carbons (Fsp3) is 0.263. The summed E-state index contributed by atoms with van der Waals surface area (Å²) in [6, 6.07) is 16.2. The third-order valence-corrected chi connectivity index (χ3v) is 5.10. The fourth-order valence-corrected chi connectivity index (χ4v) is 3.82. The molecule has 1 heterocycles. The van der Waals surface area contributed by atoms with Crippen LogP contribution in [-0.2, 0) is 11.3 Å². The van der Waals surface area contributed by atoms with Gasteiger partial charge in [0.25, 0.3) is 5.91 Å². The summed E-state index contributed by atoms with van der Waals surface area (Å²) in [5.41, 5.74) is 1.60. The molecule has 3 rings (SSSR count). The number of carbonyl (C=O) groups excluding carboxylic acids is 2. The molecule has 25 heavy (non-hydrogen) atoms. The number of nitrogens with zero attached hydrogens (tertiary/aromatic N) is 1. The SMILES string of the molecule is COc1ccc(C(=O)N2CSC[C@H]2C(=O)NCc2ccccc2)cc1. The molecule has 130 valence electrons. The first-order chi connectivity index (χ1) is 12.2. The summed E-state index contributed by atoms with van der Waals surface area (Å²) in [7, 11) is 1.58. The molecule has 2 aromatic carbocycles. The number of rotatable bonds is 5. The number of carbonyl (C=O) groups is 2. The van der Waals surface area contributed by atoms with E-state index in [1.807, 2.05) is 30.3 Å². The lowest BCUT2D eigenvalue weighted by atomic mass is 10.1. The Hall–Kier alpha value is -2.47. The minimum absolute atomic E-state index is 0.115. The van der Waals surface area contributed by atoms with E-state index in [0.29, 0.717) is 29.5 Å². The van der Waals surface area contributed by atoms with Gasteiger partial charge in [-0.3, -0.25) is 9.59 Å². The van der Waals surface area contributed by atoms with Gasteiger partial charge in [-0.1, -0.05) is 30.3 Å². The van der Waals surface area contributed by atoms with Crippen molar-refractivity contribution in [3.63, 3.8) is 0 Å². The van der Waals surface area contributed by atoms with E-state index < -0.39 is 6.04 Å². The summed E-state index contributed by atoms with van der Waals surface area (Å²) in [6.07, 6.45) is 0. The Kier molecular flexibility index (Phi) is 5.60. The molecule has 1 atom stereocenters. The maximum absolute atomic E-state index is 12.7. The molecular weight excluding hydrogens is 336 g/mol. The summed E-state index contributed by atoms with van der Waals surface area (Å²) in [5, 5.41) is 2.93. The topological polar surface area (TPSA) is 58.6 Å². The van der Waals surface area contributed by atoms with Gasteiger partial charge in [0.2, 0.25) is 5.91 Å². The lowest BCUT2D eigenvalue weighted by Gasteiger charge is -2.23. The summed E-state index contributed by atoms with van der Waals surface area (Å²) in [5.74, 6) is 1.59. The van der Waals surface area contributed by atoms with Crippen molar-refractivity contribution < 1.29 is 14.3 Å². The highest BCUT2D eigenvalue weighted by atomic mass is 32.2. The predicted molar refractivity (Wildman–Crippen MR) is 98.6 cm³/mol. The van der Waals surface area contributed by atoms with Gasteiger partial charge in [0.1, 0.15) is 11.8 Å². The quantitative estimate of drug-likeness (QED) is 0.894. The van der Waals surface area contributed by atoms with Crippen molar-refractivity contribution in [1.29, 1.82) is 0 Å². The first-order valence-electron chi connectivity index (χ1n) is 8.03. The zero-order valence-electron chi connectivity index (χ0n) is 14.0. The molecule has 2 aromatic rings. The Labute approximate surface area is 151 Å². The van der Waals surface area contributed by atoms with E-state index in [1.54, 1.807) is 48.0 Å². The molecule has 0 aliphatic carbocycles. The van der Waals surface area contributed by atoms with Crippen LogP contribution in [0.2, 0.25) is 0 Å². The van der Waals surface area contributed by atoms with Gasteiger partial charge in [-0.15, -0.1) is 11.8 Å². The van der Waals surface area contributed by atoms with Crippen LogP contribution in [-0.4, -0.2) is 41.5 Å². The molecule has 1 saturated heterocycles. The van der Waals surface area contributed by atoms with Crippen LogP contribution in [0.5, 0.6) is 5.75 Å². The van der Waals surface area contributed by atoms with Crippen molar-refractivity contribution in [1.82, 2.24) is 10.2 Å². The van der Waals surface area contributed by atoms with Crippen molar-refractivity contribution in [2.75, 3.05) is 18.7 Å². The van der Waals surface area contributed by atoms with Gasteiger partial charge in [0.05, 0.1) is 13.0 Å². The lowest BCUT2D eigenvalue weighted by molar-refractivity contribution is -0.124. The zero-order valence-corrected chi connectivity index (χ0v) is 14.8. The maximum atomic E-state index is 12.7. The van der Waals surface area contributed by atoms with Crippen molar-refractivity contribution in [2.45, 2.75) is 12.6 Å². The summed E-state index contributed by atoms with van der Waals surface area (Å²) in [4.78, 5) is 26.9. The van der Waals surface area contributed by atoms with E-state index in [4.69, 9.17) is 4.74 Å². The molecule has 0 bridgehead atoms. The fourth-order valence-electron chi connectivity index (χ4n) is 2.66. The minimum atomic E-state index is -0.441. The van der Waals surface area contributed by atoms with Gasteiger partial charge >= 0.3 is 0 Å². The number of amides is 2. The molecule has 0 unspecified atom stereocenters. The Morgan fingerprint density at radius 2 is 1.88 bits per heavy atom. The largest absolute Gasteiger partial charge is 0.497 e. The van der Waals surface area contributed by atoms with Crippen molar-refractivity contribution in [2.24, 2.45) is 0 Å². The maximum Gasteiger partial charge on any atom is 0.255 e. The number of nitrogens with one attached hydrogen (secondary N) is 1. The predicted octanol–water partition coefficient (Wildman–Crippen LogP) is 2.53. The second kappa shape index (κ2) is 8.07. The van der Waals surface area contributed by atoms with Crippen LogP contribution in [0.1, 0.15) is 15.9 Å². The van der Waals surface area contributed by atoms with Crippen LogP contribution >= 0.6 is 11.8 Å². The average Bonchev–Trinajstić information content (AvgIpc) is 3.16. The monoisotopic (exact) mass is 356 g/mol. The Morgan fingerprint density at radius 1 is 1.16 bits per heavy atom. The number of benzene rings is 2. The number of methoxy groups -OCH3 is 1. The van der Waals surface area contributed by atoms with Crippen molar-refractivity contribution in [3.05, 3.63) is 65.7 Å². The van der Waals surface area contributed by atoms with Crippen LogP contribution in [0.15, 0.2) is 54.6 Å². The van der Waals surface area contributed by atoms with Crippen LogP contribution in [0.3, 0.4) is 0 Å². The van der Waals surface area contributed by atoms with Gasteiger partial charge in [-0.05, 0) is 29.8 Å². The second-order valence-corrected chi connectivity index (χ2v) is 6.72. The van der Waals surface area contributed by atoms with E-state index in [9.17, 15) is 9.59 Å². The standard InChI is InChI=1S/C19H20N2O3S/c1-24-16-9-7-15(8-10-16)19(23)21-13-25-12-17(21)18(22)20-11-14-5-3-2-4-6-14/h2-10,17H,11-13H2,1H3,(H,20,22)/t17-/m0/s1. The highest BCUT2D eigenvalue weighted by Gasteiger charge is 2.34. The van der Waals surface area contributed by atoms with Crippen molar-refractivity contribution >= 4 is 23.6 Å². The van der Waals surface area contributed by atoms with E-state index in [2.05, 4.69) is 5.32 Å². The Balaban J connectivity index is 1.64. The number of ether oxygens (including phenoxy) is 1. The lowest BCUT2D eigenvalue weighted by Crippen LogP contribution is -2.47. The molecule has 0 radical (unpaired) electrons. The molecule has 0 aromatic heterocycles. The minimum Gasteiger partial charge on any atom is -0.497 e. The number of hydrogen-bond donors (Lipinski definition) is 1. The smallest absolute Gasteiger partial charge is 0.255 e. The van der Waals surface area contributed by atoms with Crippen LogP contribution in [0.25, 0.3) is 0 Å². The molecule has 1 fully saturated rings. The van der Waals surface area contributed by atoms with Gasteiger partial charge < -0.3 is 15.0 Å². The zero-order chi connectivity index (χ0) is 17.6. The second-order valence-electron chi connectivity index (χ2n) is 5.72. The average molecular weight is 356 g/mol. The van der Waals surface area contributed by atoms with Gasteiger partial charge in [0.15, 0.2) is 0 Å². The number of thioether (sulfide) groups is 1. The van der Waals surface area contributed by atoms with E-state index in [-0.39, 0.29) is 11.8 Å². The Morgan fingerprint density at radius 3 is 2.56 bits per heavy atom. The third-order valence-electron chi connectivity index (χ3n) is 4.09. The van der Waals surface area contributed by atoms with Crippen LogP contribution < -0.4 is 10.1 Å². The van der Waals surface area contributed by atoms with E-state index >= 15 is 0 Å². The Bertz CT molecular complexity index is 734. The molecule has 0 spiro atoms. The molecule has 5 nitrogen and oxygen atoms in total. The molecule has 6 heteroatoms. The summed E-state index contributed by atoms with van der Waals surface area (Å²) < 4.78 is 5.11. The summed E-state index contributed by atoms with van der Waals surface area (Å²) >= 11 is 1.59. The van der Waals surface area contributed by atoms with E-state index in [1.165, 1.54) is 0 Å². The van der Waals surface area contributed by atoms with E-state index in [0.717, 1.165) is 5.56 Å².